The summed E-state index contributed by atoms with van der Waals surface area (Å²) in [5.41, 5.74) is 9.98. The Balaban J connectivity index is 1.27. The van der Waals surface area contributed by atoms with Crippen LogP contribution in [0.1, 0.15) is 80.3 Å². The van der Waals surface area contributed by atoms with Crippen molar-refractivity contribution in [1.82, 2.24) is 14.1 Å². The van der Waals surface area contributed by atoms with Crippen LogP contribution in [0.25, 0.3) is 39.0 Å². The van der Waals surface area contributed by atoms with Gasteiger partial charge in [0.1, 0.15) is 5.82 Å². The number of nitrogens with one attached hydrogen (secondary N) is 1. The first-order chi connectivity index (χ1) is 21.1. The van der Waals surface area contributed by atoms with Gasteiger partial charge in [0.05, 0.1) is 46.1 Å². The second kappa shape index (κ2) is 10.4. The maximum absolute atomic E-state index is 12.4. The first-order valence-corrected chi connectivity index (χ1v) is 15.9. The molecule has 2 aliphatic carbocycles. The van der Waals surface area contributed by atoms with E-state index in [4.69, 9.17) is 9.72 Å². The summed E-state index contributed by atoms with van der Waals surface area (Å²) in [6.45, 7) is 0.857. The van der Waals surface area contributed by atoms with E-state index in [-0.39, 0.29) is 11.5 Å². The lowest BCUT2D eigenvalue weighted by atomic mass is 9.77. The number of hydrogen-bond acceptors (Lipinski definition) is 4. The van der Waals surface area contributed by atoms with Crippen LogP contribution in [0.3, 0.4) is 0 Å². The third-order valence-electron chi connectivity index (χ3n) is 9.99. The number of carbonyl (C=O) groups excluding carboxylic acids is 1. The third kappa shape index (κ3) is 4.38. The number of fused-ring (bicyclic) bond motifs is 7. The average Bonchev–Trinajstić information content (AvgIpc) is 3.63. The Labute approximate surface area is 252 Å². The zero-order chi connectivity index (χ0) is 29.0. The second-order valence-electron chi connectivity index (χ2n) is 12.6. The number of aryl methyl sites for hydroxylation is 1. The number of benzene rings is 3. The highest BCUT2D eigenvalue weighted by atomic mass is 16.5. The fourth-order valence-corrected chi connectivity index (χ4v) is 7.80. The Morgan fingerprint density at radius 2 is 1.84 bits per heavy atom. The summed E-state index contributed by atoms with van der Waals surface area (Å²) in [5, 5.41) is 5.37. The lowest BCUT2D eigenvalue weighted by Crippen LogP contribution is -2.42. The minimum absolute atomic E-state index is 0.0636. The van der Waals surface area contributed by atoms with Crippen molar-refractivity contribution in [3.63, 3.8) is 0 Å². The summed E-state index contributed by atoms with van der Waals surface area (Å²) in [6.07, 6.45) is 14.4. The summed E-state index contributed by atoms with van der Waals surface area (Å²) in [5.74, 6) is 0.606. The molecule has 2 aromatic heterocycles. The Morgan fingerprint density at radius 1 is 0.953 bits per heavy atom. The van der Waals surface area contributed by atoms with E-state index < -0.39 is 0 Å². The van der Waals surface area contributed by atoms with Gasteiger partial charge >= 0.3 is 5.97 Å². The van der Waals surface area contributed by atoms with Crippen LogP contribution in [0.2, 0.25) is 0 Å². The van der Waals surface area contributed by atoms with Crippen LogP contribution < -0.4 is 5.32 Å². The molecule has 6 heteroatoms. The van der Waals surface area contributed by atoms with Gasteiger partial charge in [0.25, 0.3) is 0 Å². The zero-order valence-electron chi connectivity index (χ0n) is 24.9. The van der Waals surface area contributed by atoms with Gasteiger partial charge in [-0.25, -0.2) is 9.78 Å². The van der Waals surface area contributed by atoms with Crippen LogP contribution in [0.15, 0.2) is 78.4 Å². The largest absolute Gasteiger partial charge is 0.465 e. The van der Waals surface area contributed by atoms with Gasteiger partial charge < -0.3 is 19.2 Å². The van der Waals surface area contributed by atoms with Crippen LogP contribution in [0.4, 0.5) is 5.69 Å². The first-order valence-electron chi connectivity index (χ1n) is 15.9. The number of hydrogen-bond donors (Lipinski definition) is 1. The minimum atomic E-state index is -0.337. The fourth-order valence-electron chi connectivity index (χ4n) is 7.80. The molecule has 0 unspecified atom stereocenters. The number of imidazole rings is 1. The van der Waals surface area contributed by atoms with E-state index in [1.54, 1.807) is 5.57 Å². The highest BCUT2D eigenvalue weighted by molar-refractivity contribution is 5.95. The number of carbonyl (C=O) groups is 1. The smallest absolute Gasteiger partial charge is 0.337 e. The number of rotatable bonds is 5. The normalized spacial score (nSPS) is 17.4. The molecule has 1 saturated carbocycles. The molecule has 3 aromatic carbocycles. The predicted molar refractivity (Wildman–Crippen MR) is 173 cm³/mol. The van der Waals surface area contributed by atoms with Crippen LogP contribution >= 0.6 is 0 Å². The third-order valence-corrected chi connectivity index (χ3v) is 9.99. The second-order valence-corrected chi connectivity index (χ2v) is 12.6. The highest BCUT2D eigenvalue weighted by Gasteiger charge is 2.41. The number of allylic oxidation sites excluding steroid dienone is 2. The Morgan fingerprint density at radius 3 is 2.67 bits per heavy atom. The van der Waals surface area contributed by atoms with Crippen molar-refractivity contribution >= 4 is 33.6 Å². The minimum Gasteiger partial charge on any atom is -0.465 e. The highest BCUT2D eigenvalue weighted by Crippen LogP contribution is 2.48. The Kier molecular flexibility index (Phi) is 6.39. The van der Waals surface area contributed by atoms with E-state index in [1.165, 1.54) is 74.3 Å². The zero-order valence-corrected chi connectivity index (χ0v) is 24.9. The van der Waals surface area contributed by atoms with Crippen molar-refractivity contribution < 1.29 is 9.53 Å². The molecule has 3 aliphatic rings. The number of ether oxygens (including phenoxy) is 1. The van der Waals surface area contributed by atoms with Crippen LogP contribution in [-0.2, 0) is 16.8 Å². The van der Waals surface area contributed by atoms with Crippen LogP contribution in [0, 0.1) is 0 Å². The molecule has 218 valence electrons. The molecular weight excluding hydrogens is 532 g/mol. The summed E-state index contributed by atoms with van der Waals surface area (Å²) >= 11 is 0. The van der Waals surface area contributed by atoms with Gasteiger partial charge in [-0.1, -0.05) is 49.1 Å². The Hall–Kier alpha value is -4.32. The number of aromatic nitrogens is 3. The molecule has 6 nitrogen and oxygen atoms in total. The van der Waals surface area contributed by atoms with E-state index in [9.17, 15) is 4.79 Å². The molecule has 0 atom stereocenters. The van der Waals surface area contributed by atoms with Crippen molar-refractivity contribution in [2.45, 2.75) is 76.3 Å². The quantitative estimate of drug-likeness (QED) is 0.169. The molecule has 1 N–H and O–H groups in total. The lowest BCUT2D eigenvalue weighted by Gasteiger charge is -2.43. The topological polar surface area (TPSA) is 61.1 Å². The fraction of sp³-hybridized carbons (Fsp3) is 0.351. The van der Waals surface area contributed by atoms with Gasteiger partial charge in [-0.3, -0.25) is 0 Å². The molecule has 1 spiro atoms. The average molecular weight is 571 g/mol. The van der Waals surface area contributed by atoms with Gasteiger partial charge in [-0.05, 0) is 93.5 Å². The lowest BCUT2D eigenvalue weighted by molar-refractivity contribution is 0.0601. The molecule has 1 fully saturated rings. The van der Waals surface area contributed by atoms with E-state index in [0.717, 1.165) is 53.9 Å². The van der Waals surface area contributed by atoms with Crippen molar-refractivity contribution in [2.75, 3.05) is 12.4 Å². The molecule has 0 bridgehead atoms. The van der Waals surface area contributed by atoms with Crippen LogP contribution in [0.5, 0.6) is 0 Å². The molecule has 5 aromatic rings. The predicted octanol–water partition coefficient (Wildman–Crippen LogP) is 8.91. The van der Waals surface area contributed by atoms with Gasteiger partial charge in [0.2, 0.25) is 0 Å². The number of para-hydroxylation sites is 1. The van der Waals surface area contributed by atoms with Crippen molar-refractivity contribution in [1.29, 1.82) is 0 Å². The standard InChI is InChI=1S/C37H38N4O2/c1-43-36(42)28-15-16-32-29(23-28)38-35(40(32)21-18-25-10-4-2-5-11-25)27-14-17-33-30(22-27)39-37(19-8-3-9-20-37)34-24-26-12-6-7-13-31(26)41(33)34/h6-7,10,12-17,22-24,39H,2-5,8-9,11,18-21H2,1H3. The molecule has 0 amide bonds. The number of nitrogens with zero attached hydrogens (tertiary/aromatic N) is 3. The summed E-state index contributed by atoms with van der Waals surface area (Å²) < 4.78 is 9.86. The van der Waals surface area contributed by atoms with E-state index in [1.807, 2.05) is 18.2 Å². The molecule has 0 saturated heterocycles. The number of methoxy groups -OCH3 is 1. The maximum Gasteiger partial charge on any atom is 0.337 e. The van der Waals surface area contributed by atoms with E-state index in [0.29, 0.717) is 5.56 Å². The summed E-state index contributed by atoms with van der Waals surface area (Å²) in [4.78, 5) is 17.5. The SMILES string of the molecule is COC(=O)c1ccc2c(c1)nc(-c1ccc3c(c1)NC1(CCCCC1)c1cc4ccccc4n1-3)n2CCC1=CCCCC1. The molecule has 3 heterocycles. The number of anilines is 1. The van der Waals surface area contributed by atoms with Gasteiger partial charge in [0, 0.05) is 23.2 Å². The first kappa shape index (κ1) is 26.3. The number of esters is 1. The van der Waals surface area contributed by atoms with Crippen LogP contribution in [-0.4, -0.2) is 27.2 Å². The van der Waals surface area contributed by atoms with E-state index in [2.05, 4.69) is 69.1 Å². The molecule has 43 heavy (non-hydrogen) atoms. The summed E-state index contributed by atoms with van der Waals surface area (Å²) in [7, 11) is 1.42. The van der Waals surface area contributed by atoms with Gasteiger partial charge in [-0.15, -0.1) is 0 Å². The molecule has 8 rings (SSSR count). The van der Waals surface area contributed by atoms with Crippen molar-refractivity contribution in [3.8, 4) is 17.1 Å². The molecular formula is C37H38N4O2. The monoisotopic (exact) mass is 570 g/mol. The molecule has 0 radical (unpaired) electrons. The Bertz CT molecular complexity index is 1900. The van der Waals surface area contributed by atoms with Gasteiger partial charge in [0.15, 0.2) is 0 Å². The molecule has 1 aliphatic heterocycles. The maximum atomic E-state index is 12.4. The van der Waals surface area contributed by atoms with Crippen molar-refractivity contribution in [3.05, 3.63) is 89.6 Å². The van der Waals surface area contributed by atoms with E-state index >= 15 is 0 Å². The van der Waals surface area contributed by atoms with Gasteiger partial charge in [-0.2, -0.15) is 0 Å². The summed E-state index contributed by atoms with van der Waals surface area (Å²) in [6, 6.07) is 23.7. The van der Waals surface area contributed by atoms with Crippen molar-refractivity contribution in [2.24, 2.45) is 0 Å².